The zero-order valence-electron chi connectivity index (χ0n) is 21.9. The molecule has 1 unspecified atom stereocenters. The first kappa shape index (κ1) is 28.5. The molecular weight excluding hydrogens is 486 g/mol. The quantitative estimate of drug-likeness (QED) is 0.269. The van der Waals surface area contributed by atoms with E-state index in [1.807, 2.05) is 67.6 Å². The van der Waals surface area contributed by atoms with E-state index in [4.69, 9.17) is 18.9 Å². The molecule has 8 heteroatoms. The van der Waals surface area contributed by atoms with Crippen molar-refractivity contribution >= 4 is 12.1 Å². The standard InChI is InChI=1S/C30H35NO7/c1-3-35-28(29(32)33)22-24-14-16-26(17-15-24)37-21-19-31(18-9-20-36-25-11-5-4-6-12-25)30(34)38-27-13-8-7-10-23(27)2/h4-8,10-17,28H,3,9,18-22H2,1-2H3,(H,32,33). The molecule has 3 aromatic carbocycles. The maximum Gasteiger partial charge on any atom is 0.415 e. The van der Waals surface area contributed by atoms with Gasteiger partial charge in [0, 0.05) is 19.6 Å². The number of carbonyl (C=O) groups is 2. The Hall–Kier alpha value is -4.04. The van der Waals surface area contributed by atoms with E-state index in [1.54, 1.807) is 30.0 Å². The van der Waals surface area contributed by atoms with Crippen LogP contribution in [-0.2, 0) is 16.0 Å². The smallest absolute Gasteiger partial charge is 0.415 e. The van der Waals surface area contributed by atoms with Gasteiger partial charge in [-0.15, -0.1) is 0 Å². The predicted octanol–water partition coefficient (Wildman–Crippen LogP) is 5.38. The van der Waals surface area contributed by atoms with Crippen molar-refractivity contribution in [3.05, 3.63) is 90.0 Å². The lowest BCUT2D eigenvalue weighted by Gasteiger charge is -2.22. The number of aliphatic carboxylic acids is 1. The topological polar surface area (TPSA) is 94.5 Å². The summed E-state index contributed by atoms with van der Waals surface area (Å²) in [7, 11) is 0. The Bertz CT molecular complexity index is 1130. The fourth-order valence-corrected chi connectivity index (χ4v) is 3.71. The van der Waals surface area contributed by atoms with Gasteiger partial charge >= 0.3 is 12.1 Å². The summed E-state index contributed by atoms with van der Waals surface area (Å²) in [6.45, 7) is 5.47. The van der Waals surface area contributed by atoms with Crippen molar-refractivity contribution in [2.45, 2.75) is 32.8 Å². The van der Waals surface area contributed by atoms with Gasteiger partial charge in [-0.3, -0.25) is 0 Å². The first-order valence-electron chi connectivity index (χ1n) is 12.7. The van der Waals surface area contributed by atoms with Gasteiger partial charge in [-0.2, -0.15) is 0 Å². The number of hydrogen-bond acceptors (Lipinski definition) is 6. The number of benzene rings is 3. The molecule has 202 valence electrons. The second-order valence-corrected chi connectivity index (χ2v) is 8.61. The first-order valence-corrected chi connectivity index (χ1v) is 12.7. The number of carboxylic acid groups (broad SMARTS) is 1. The van der Waals surface area contributed by atoms with Crippen molar-refractivity contribution in [1.82, 2.24) is 4.90 Å². The van der Waals surface area contributed by atoms with Gasteiger partial charge in [-0.25, -0.2) is 9.59 Å². The van der Waals surface area contributed by atoms with E-state index in [0.717, 1.165) is 16.9 Å². The Kier molecular flexibility index (Phi) is 11.5. The number of carboxylic acids is 1. The number of nitrogens with zero attached hydrogens (tertiary/aromatic N) is 1. The zero-order valence-corrected chi connectivity index (χ0v) is 21.9. The molecule has 0 aromatic heterocycles. The van der Waals surface area contributed by atoms with E-state index in [1.165, 1.54) is 0 Å². The molecular formula is C30H35NO7. The summed E-state index contributed by atoms with van der Waals surface area (Å²) in [5, 5.41) is 9.28. The Morgan fingerprint density at radius 3 is 2.18 bits per heavy atom. The zero-order chi connectivity index (χ0) is 27.2. The van der Waals surface area contributed by atoms with Gasteiger partial charge in [0.05, 0.1) is 13.2 Å². The number of carbonyl (C=O) groups excluding carboxylic acids is 1. The first-order chi connectivity index (χ1) is 18.5. The maximum absolute atomic E-state index is 13.0. The molecule has 0 bridgehead atoms. The molecule has 3 aromatic rings. The Morgan fingerprint density at radius 2 is 1.50 bits per heavy atom. The third-order valence-electron chi connectivity index (χ3n) is 5.75. The van der Waals surface area contributed by atoms with Crippen LogP contribution in [0.2, 0.25) is 0 Å². The fraction of sp³-hybridized carbons (Fsp3) is 0.333. The van der Waals surface area contributed by atoms with Gasteiger partial charge in [0.15, 0.2) is 6.10 Å². The lowest BCUT2D eigenvalue weighted by Crippen LogP contribution is -2.38. The minimum atomic E-state index is -0.987. The van der Waals surface area contributed by atoms with Crippen LogP contribution in [0.3, 0.4) is 0 Å². The molecule has 0 saturated heterocycles. The number of amides is 1. The average Bonchev–Trinajstić information content (AvgIpc) is 2.92. The van der Waals surface area contributed by atoms with Crippen LogP contribution in [0.15, 0.2) is 78.9 Å². The van der Waals surface area contributed by atoms with Crippen molar-refractivity contribution < 1.29 is 33.6 Å². The number of aryl methyl sites for hydroxylation is 1. The van der Waals surface area contributed by atoms with E-state index in [9.17, 15) is 14.7 Å². The fourth-order valence-electron chi connectivity index (χ4n) is 3.71. The molecule has 3 rings (SSSR count). The van der Waals surface area contributed by atoms with Crippen LogP contribution in [0.4, 0.5) is 4.79 Å². The summed E-state index contributed by atoms with van der Waals surface area (Å²) in [6.07, 6.45) is -0.441. The molecule has 0 heterocycles. The average molecular weight is 522 g/mol. The van der Waals surface area contributed by atoms with Gasteiger partial charge in [0.2, 0.25) is 0 Å². The molecule has 0 radical (unpaired) electrons. The molecule has 1 atom stereocenters. The van der Waals surface area contributed by atoms with Crippen LogP contribution in [0, 0.1) is 6.92 Å². The van der Waals surface area contributed by atoms with E-state index >= 15 is 0 Å². The number of rotatable bonds is 15. The number of para-hydroxylation sites is 2. The van der Waals surface area contributed by atoms with Crippen LogP contribution >= 0.6 is 0 Å². The molecule has 0 spiro atoms. The molecule has 1 N–H and O–H groups in total. The molecule has 0 saturated carbocycles. The third kappa shape index (κ3) is 9.44. The third-order valence-corrected chi connectivity index (χ3v) is 5.75. The second kappa shape index (κ2) is 15.3. The summed E-state index contributed by atoms with van der Waals surface area (Å²) in [5.41, 5.74) is 1.71. The minimum absolute atomic E-state index is 0.262. The summed E-state index contributed by atoms with van der Waals surface area (Å²) in [4.78, 5) is 25.9. The predicted molar refractivity (Wildman–Crippen MR) is 144 cm³/mol. The Balaban J connectivity index is 1.54. The van der Waals surface area contributed by atoms with Gasteiger partial charge in [-0.1, -0.05) is 48.5 Å². The highest BCUT2D eigenvalue weighted by atomic mass is 16.6. The molecule has 8 nitrogen and oxygen atoms in total. The van der Waals surface area contributed by atoms with Crippen molar-refractivity contribution in [2.75, 3.05) is 32.9 Å². The van der Waals surface area contributed by atoms with Crippen LogP contribution in [0.25, 0.3) is 0 Å². The summed E-state index contributed by atoms with van der Waals surface area (Å²) in [6, 6.07) is 24.1. The van der Waals surface area contributed by atoms with Crippen molar-refractivity contribution in [3.8, 4) is 17.2 Å². The van der Waals surface area contributed by atoms with E-state index in [-0.39, 0.29) is 13.0 Å². The van der Waals surface area contributed by atoms with Gasteiger partial charge in [-0.05, 0) is 61.7 Å². The largest absolute Gasteiger partial charge is 0.494 e. The summed E-state index contributed by atoms with van der Waals surface area (Å²) >= 11 is 0. The van der Waals surface area contributed by atoms with E-state index in [0.29, 0.717) is 44.2 Å². The Labute approximate surface area is 223 Å². The van der Waals surface area contributed by atoms with Gasteiger partial charge in [0.1, 0.15) is 23.9 Å². The highest BCUT2D eigenvalue weighted by molar-refractivity contribution is 5.72. The van der Waals surface area contributed by atoms with Crippen LogP contribution < -0.4 is 14.2 Å². The van der Waals surface area contributed by atoms with Crippen LogP contribution in [0.5, 0.6) is 17.2 Å². The van der Waals surface area contributed by atoms with Crippen LogP contribution in [-0.4, -0.2) is 61.1 Å². The van der Waals surface area contributed by atoms with E-state index < -0.39 is 18.2 Å². The normalized spacial score (nSPS) is 11.4. The maximum atomic E-state index is 13.0. The molecule has 0 fully saturated rings. The summed E-state index contributed by atoms with van der Waals surface area (Å²) < 4.78 is 22.5. The molecule has 38 heavy (non-hydrogen) atoms. The second-order valence-electron chi connectivity index (χ2n) is 8.61. The van der Waals surface area contributed by atoms with E-state index in [2.05, 4.69) is 0 Å². The number of hydrogen-bond donors (Lipinski definition) is 1. The highest BCUT2D eigenvalue weighted by Gasteiger charge is 2.19. The molecule has 0 aliphatic heterocycles. The number of ether oxygens (including phenoxy) is 4. The Morgan fingerprint density at radius 1 is 0.842 bits per heavy atom. The lowest BCUT2D eigenvalue weighted by molar-refractivity contribution is -0.149. The molecule has 1 amide bonds. The lowest BCUT2D eigenvalue weighted by atomic mass is 10.1. The monoisotopic (exact) mass is 521 g/mol. The summed E-state index contributed by atoms with van der Waals surface area (Å²) in [5.74, 6) is 0.936. The van der Waals surface area contributed by atoms with Gasteiger partial charge in [0.25, 0.3) is 0 Å². The molecule has 0 aliphatic rings. The van der Waals surface area contributed by atoms with Gasteiger partial charge < -0.3 is 29.0 Å². The highest BCUT2D eigenvalue weighted by Crippen LogP contribution is 2.18. The SMILES string of the molecule is CCOC(Cc1ccc(OCCN(CCCOc2ccccc2)C(=O)Oc2ccccc2C)cc1)C(=O)O. The minimum Gasteiger partial charge on any atom is -0.494 e. The molecule has 0 aliphatic carbocycles. The van der Waals surface area contributed by atoms with Crippen molar-refractivity contribution in [3.63, 3.8) is 0 Å². The van der Waals surface area contributed by atoms with Crippen LogP contribution in [0.1, 0.15) is 24.5 Å². The van der Waals surface area contributed by atoms with Crippen molar-refractivity contribution in [1.29, 1.82) is 0 Å². The van der Waals surface area contributed by atoms with Crippen molar-refractivity contribution in [2.24, 2.45) is 0 Å².